The van der Waals surface area contributed by atoms with Crippen molar-refractivity contribution in [3.8, 4) is 11.4 Å². The molecule has 1 aliphatic rings. The molecule has 1 aromatic heterocycles. The summed E-state index contributed by atoms with van der Waals surface area (Å²) in [5.41, 5.74) is 4.09. The quantitative estimate of drug-likeness (QED) is 0.697. The standard InChI is InChI=1S/C22H24N4O2/c1-3-16-9-11-18(12-10-16)23-22(27)26-13-5-8-19(26)21-24-20(25-28-21)17-7-4-6-15(2)14-17/h4,6-7,9-12,14,19H,3,5,8,13H2,1-2H3,(H,23,27). The van der Waals surface area contributed by atoms with Crippen molar-refractivity contribution >= 4 is 11.7 Å². The van der Waals surface area contributed by atoms with Crippen molar-refractivity contribution in [2.45, 2.75) is 39.2 Å². The molecule has 1 unspecified atom stereocenters. The Morgan fingerprint density at radius 2 is 2.07 bits per heavy atom. The van der Waals surface area contributed by atoms with Crippen LogP contribution in [0.1, 0.15) is 42.8 Å². The molecule has 28 heavy (non-hydrogen) atoms. The van der Waals surface area contributed by atoms with Gasteiger partial charge in [0.05, 0.1) is 0 Å². The van der Waals surface area contributed by atoms with Crippen molar-refractivity contribution in [1.29, 1.82) is 0 Å². The summed E-state index contributed by atoms with van der Waals surface area (Å²) in [6.45, 7) is 4.81. The molecule has 0 bridgehead atoms. The number of benzene rings is 2. The Balaban J connectivity index is 1.49. The van der Waals surface area contributed by atoms with E-state index in [4.69, 9.17) is 4.52 Å². The van der Waals surface area contributed by atoms with Crippen LogP contribution in [0, 0.1) is 6.92 Å². The number of carbonyl (C=O) groups excluding carboxylic acids is 1. The van der Waals surface area contributed by atoms with Gasteiger partial charge < -0.3 is 14.7 Å². The van der Waals surface area contributed by atoms with E-state index in [1.54, 1.807) is 4.90 Å². The number of amides is 2. The second-order valence-electron chi connectivity index (χ2n) is 7.16. The maximum absolute atomic E-state index is 12.8. The van der Waals surface area contributed by atoms with Crippen LogP contribution in [-0.2, 0) is 6.42 Å². The first-order chi connectivity index (χ1) is 13.6. The van der Waals surface area contributed by atoms with Crippen LogP contribution in [0.15, 0.2) is 53.1 Å². The zero-order valence-electron chi connectivity index (χ0n) is 16.2. The van der Waals surface area contributed by atoms with Gasteiger partial charge in [0.1, 0.15) is 6.04 Å². The third-order valence-corrected chi connectivity index (χ3v) is 5.13. The minimum atomic E-state index is -0.194. The van der Waals surface area contributed by atoms with Crippen LogP contribution < -0.4 is 5.32 Å². The second kappa shape index (κ2) is 7.84. The number of rotatable bonds is 4. The first-order valence-corrected chi connectivity index (χ1v) is 9.71. The summed E-state index contributed by atoms with van der Waals surface area (Å²) in [6, 6.07) is 15.6. The summed E-state index contributed by atoms with van der Waals surface area (Å²) >= 11 is 0. The lowest BCUT2D eigenvalue weighted by Crippen LogP contribution is -2.34. The minimum Gasteiger partial charge on any atom is -0.337 e. The average molecular weight is 376 g/mol. The van der Waals surface area contributed by atoms with Gasteiger partial charge in [0.15, 0.2) is 0 Å². The second-order valence-corrected chi connectivity index (χ2v) is 7.16. The van der Waals surface area contributed by atoms with Gasteiger partial charge in [-0.05, 0) is 49.9 Å². The fourth-order valence-electron chi connectivity index (χ4n) is 3.56. The maximum Gasteiger partial charge on any atom is 0.322 e. The highest BCUT2D eigenvalue weighted by molar-refractivity contribution is 5.89. The summed E-state index contributed by atoms with van der Waals surface area (Å²) in [5.74, 6) is 1.05. The monoisotopic (exact) mass is 376 g/mol. The number of hydrogen-bond donors (Lipinski definition) is 1. The van der Waals surface area contributed by atoms with E-state index in [0.717, 1.165) is 36.1 Å². The smallest absolute Gasteiger partial charge is 0.322 e. The van der Waals surface area contributed by atoms with Gasteiger partial charge in [-0.1, -0.05) is 48.0 Å². The van der Waals surface area contributed by atoms with Gasteiger partial charge in [-0.15, -0.1) is 0 Å². The van der Waals surface area contributed by atoms with Gasteiger partial charge >= 0.3 is 6.03 Å². The summed E-state index contributed by atoms with van der Waals surface area (Å²) in [6.07, 6.45) is 2.70. The van der Waals surface area contributed by atoms with Crippen LogP contribution in [0.3, 0.4) is 0 Å². The van der Waals surface area contributed by atoms with Gasteiger partial charge in [-0.25, -0.2) is 4.79 Å². The Hall–Kier alpha value is -3.15. The number of nitrogens with zero attached hydrogens (tertiary/aromatic N) is 3. The molecule has 0 radical (unpaired) electrons. The Morgan fingerprint density at radius 3 is 2.82 bits per heavy atom. The third-order valence-electron chi connectivity index (χ3n) is 5.13. The number of hydrogen-bond acceptors (Lipinski definition) is 4. The Kier molecular flexibility index (Phi) is 5.10. The van der Waals surface area contributed by atoms with Crippen LogP contribution in [0.5, 0.6) is 0 Å². The summed E-state index contributed by atoms with van der Waals surface area (Å²) in [5, 5.41) is 7.10. The third kappa shape index (κ3) is 3.76. The van der Waals surface area contributed by atoms with Crippen LogP contribution in [0.2, 0.25) is 0 Å². The van der Waals surface area contributed by atoms with Crippen molar-refractivity contribution in [2.75, 3.05) is 11.9 Å². The number of likely N-dealkylation sites (tertiary alicyclic amines) is 1. The molecule has 0 aliphatic carbocycles. The Labute approximate surface area is 164 Å². The van der Waals surface area contributed by atoms with Gasteiger partial charge in [0, 0.05) is 17.8 Å². The highest BCUT2D eigenvalue weighted by Crippen LogP contribution is 2.32. The molecular weight excluding hydrogens is 352 g/mol. The van der Waals surface area contributed by atoms with Crippen molar-refractivity contribution in [1.82, 2.24) is 15.0 Å². The minimum absolute atomic E-state index is 0.137. The lowest BCUT2D eigenvalue weighted by Gasteiger charge is -2.22. The number of aromatic nitrogens is 2. The highest BCUT2D eigenvalue weighted by atomic mass is 16.5. The molecular formula is C22H24N4O2. The molecule has 1 N–H and O–H groups in total. The lowest BCUT2D eigenvalue weighted by molar-refractivity contribution is 0.193. The van der Waals surface area contributed by atoms with E-state index in [2.05, 4.69) is 22.4 Å². The van der Waals surface area contributed by atoms with Gasteiger partial charge in [-0.3, -0.25) is 0 Å². The molecule has 2 heterocycles. The fourth-order valence-corrected chi connectivity index (χ4v) is 3.56. The lowest BCUT2D eigenvalue weighted by atomic mass is 10.1. The summed E-state index contributed by atoms with van der Waals surface area (Å²) in [7, 11) is 0. The number of nitrogens with one attached hydrogen (secondary N) is 1. The van der Waals surface area contributed by atoms with E-state index in [1.807, 2.05) is 55.5 Å². The maximum atomic E-state index is 12.8. The van der Waals surface area contributed by atoms with Crippen molar-refractivity contribution in [3.63, 3.8) is 0 Å². The first kappa shape index (κ1) is 18.2. The van der Waals surface area contributed by atoms with Gasteiger partial charge in [-0.2, -0.15) is 4.98 Å². The molecule has 2 amide bonds. The van der Waals surface area contributed by atoms with Crippen LogP contribution in [0.25, 0.3) is 11.4 Å². The molecule has 4 rings (SSSR count). The zero-order chi connectivity index (χ0) is 19.5. The van der Waals surface area contributed by atoms with Crippen molar-refractivity contribution in [2.24, 2.45) is 0 Å². The zero-order valence-corrected chi connectivity index (χ0v) is 16.2. The molecule has 1 fully saturated rings. The molecule has 0 saturated carbocycles. The predicted molar refractivity (Wildman–Crippen MR) is 108 cm³/mol. The normalized spacial score (nSPS) is 16.4. The molecule has 1 saturated heterocycles. The van der Waals surface area contributed by atoms with E-state index >= 15 is 0 Å². The SMILES string of the molecule is CCc1ccc(NC(=O)N2CCCC2c2nc(-c3cccc(C)c3)no2)cc1. The van der Waals surface area contributed by atoms with E-state index in [1.165, 1.54) is 5.56 Å². The van der Waals surface area contributed by atoms with Crippen LogP contribution in [-0.4, -0.2) is 27.6 Å². The molecule has 3 aromatic rings. The molecule has 6 heteroatoms. The largest absolute Gasteiger partial charge is 0.337 e. The van der Waals surface area contributed by atoms with Crippen molar-refractivity contribution in [3.05, 3.63) is 65.5 Å². The predicted octanol–water partition coefficient (Wildman–Crippen LogP) is 4.98. The number of carbonyl (C=O) groups is 1. The molecule has 1 atom stereocenters. The van der Waals surface area contributed by atoms with Crippen LogP contribution in [0.4, 0.5) is 10.5 Å². The van der Waals surface area contributed by atoms with E-state index in [-0.39, 0.29) is 12.1 Å². The Bertz CT molecular complexity index is 965. The molecule has 1 aliphatic heterocycles. The fraction of sp³-hybridized carbons (Fsp3) is 0.318. The van der Waals surface area contributed by atoms with Gasteiger partial charge in [0.25, 0.3) is 0 Å². The Morgan fingerprint density at radius 1 is 1.25 bits per heavy atom. The highest BCUT2D eigenvalue weighted by Gasteiger charge is 2.34. The van der Waals surface area contributed by atoms with E-state index in [0.29, 0.717) is 18.3 Å². The molecule has 144 valence electrons. The molecule has 0 spiro atoms. The molecule has 6 nitrogen and oxygen atoms in total. The van der Waals surface area contributed by atoms with Crippen molar-refractivity contribution < 1.29 is 9.32 Å². The molecule has 2 aromatic carbocycles. The average Bonchev–Trinajstić information content (AvgIpc) is 3.38. The topological polar surface area (TPSA) is 71.3 Å². The summed E-state index contributed by atoms with van der Waals surface area (Å²) in [4.78, 5) is 19.1. The summed E-state index contributed by atoms with van der Waals surface area (Å²) < 4.78 is 5.52. The van der Waals surface area contributed by atoms with E-state index in [9.17, 15) is 4.79 Å². The number of anilines is 1. The first-order valence-electron chi connectivity index (χ1n) is 9.71. The number of urea groups is 1. The van der Waals surface area contributed by atoms with Gasteiger partial charge in [0.2, 0.25) is 11.7 Å². The van der Waals surface area contributed by atoms with Crippen LogP contribution >= 0.6 is 0 Å². The van der Waals surface area contributed by atoms with E-state index < -0.39 is 0 Å². The number of aryl methyl sites for hydroxylation is 2.